The van der Waals surface area contributed by atoms with Gasteiger partial charge in [0.05, 0.1) is 5.02 Å². The van der Waals surface area contributed by atoms with Crippen molar-refractivity contribution in [3.05, 3.63) is 40.4 Å². The van der Waals surface area contributed by atoms with Gasteiger partial charge in [-0.2, -0.15) is 4.31 Å². The van der Waals surface area contributed by atoms with Gasteiger partial charge in [-0.1, -0.05) is 35.4 Å². The zero-order chi connectivity index (χ0) is 18.0. The molecule has 1 aliphatic heterocycles. The van der Waals surface area contributed by atoms with Crippen molar-refractivity contribution in [1.82, 2.24) is 9.21 Å². The highest BCUT2D eigenvalue weighted by Crippen LogP contribution is 2.28. The molecule has 1 saturated heterocycles. The molecule has 1 aliphatic carbocycles. The van der Waals surface area contributed by atoms with Gasteiger partial charge in [0.15, 0.2) is 0 Å². The fourth-order valence-electron chi connectivity index (χ4n) is 3.21. The molecular weight excluding hydrogens is 383 g/mol. The lowest BCUT2D eigenvalue weighted by molar-refractivity contribution is -0.133. The molecule has 0 saturated carbocycles. The average molecular weight is 403 g/mol. The third-order valence-corrected chi connectivity index (χ3v) is 7.27. The van der Waals surface area contributed by atoms with Gasteiger partial charge in [0.2, 0.25) is 15.9 Å². The van der Waals surface area contributed by atoms with Gasteiger partial charge in [0.25, 0.3) is 0 Å². The van der Waals surface area contributed by atoms with E-state index in [1.807, 2.05) is 0 Å². The summed E-state index contributed by atoms with van der Waals surface area (Å²) in [5, 5.41) is 0.470. The SMILES string of the molecule is O=C(C[C@@H]1C=CCC1)N1CCN(S(=O)(=O)c2cc(Cl)ccc2Cl)CC1. The van der Waals surface area contributed by atoms with Crippen LogP contribution in [0, 0.1) is 5.92 Å². The molecule has 136 valence electrons. The number of sulfonamides is 1. The fourth-order valence-corrected chi connectivity index (χ4v) is 5.37. The van der Waals surface area contributed by atoms with Gasteiger partial charge < -0.3 is 4.90 Å². The molecule has 5 nitrogen and oxygen atoms in total. The van der Waals surface area contributed by atoms with Crippen LogP contribution < -0.4 is 0 Å². The summed E-state index contributed by atoms with van der Waals surface area (Å²) in [6, 6.07) is 4.39. The van der Waals surface area contributed by atoms with Crippen LogP contribution >= 0.6 is 23.2 Å². The average Bonchev–Trinajstić information content (AvgIpc) is 3.10. The minimum absolute atomic E-state index is 0.0116. The molecular formula is C17H20Cl2N2O3S. The highest BCUT2D eigenvalue weighted by atomic mass is 35.5. The Balaban J connectivity index is 1.64. The van der Waals surface area contributed by atoms with E-state index in [4.69, 9.17) is 23.2 Å². The topological polar surface area (TPSA) is 57.7 Å². The van der Waals surface area contributed by atoms with Crippen LogP contribution in [0.1, 0.15) is 19.3 Å². The highest BCUT2D eigenvalue weighted by molar-refractivity contribution is 7.89. The van der Waals surface area contributed by atoms with Crippen LogP contribution in [-0.4, -0.2) is 49.7 Å². The van der Waals surface area contributed by atoms with E-state index < -0.39 is 10.0 Å². The zero-order valence-corrected chi connectivity index (χ0v) is 16.0. The Kier molecular flexibility index (Phi) is 5.73. The number of benzene rings is 1. The van der Waals surface area contributed by atoms with Crippen LogP contribution in [-0.2, 0) is 14.8 Å². The molecule has 0 unspecified atom stereocenters. The number of hydrogen-bond donors (Lipinski definition) is 0. The van der Waals surface area contributed by atoms with Crippen LogP contribution in [0.3, 0.4) is 0 Å². The van der Waals surface area contributed by atoms with Crippen molar-refractivity contribution in [3.8, 4) is 0 Å². The third-order valence-electron chi connectivity index (χ3n) is 4.65. The van der Waals surface area contributed by atoms with E-state index in [-0.39, 0.29) is 28.9 Å². The summed E-state index contributed by atoms with van der Waals surface area (Å²) in [5.41, 5.74) is 0. The van der Waals surface area contributed by atoms with Crippen molar-refractivity contribution in [2.24, 2.45) is 5.92 Å². The van der Waals surface area contributed by atoms with E-state index >= 15 is 0 Å². The number of carbonyl (C=O) groups is 1. The second-order valence-corrected chi connectivity index (χ2v) is 9.08. The number of amides is 1. The Hall–Kier alpha value is -1.08. The Labute approximate surface area is 158 Å². The summed E-state index contributed by atoms with van der Waals surface area (Å²) >= 11 is 11.9. The first-order chi connectivity index (χ1) is 11.9. The molecule has 1 amide bonds. The summed E-state index contributed by atoms with van der Waals surface area (Å²) in [6.45, 7) is 1.31. The normalized spacial score (nSPS) is 21.7. The largest absolute Gasteiger partial charge is 0.340 e. The van der Waals surface area contributed by atoms with Gasteiger partial charge in [-0.25, -0.2) is 8.42 Å². The molecule has 3 rings (SSSR count). The molecule has 2 aliphatic rings. The van der Waals surface area contributed by atoms with Crippen molar-refractivity contribution in [3.63, 3.8) is 0 Å². The number of hydrogen-bond acceptors (Lipinski definition) is 3. The second kappa shape index (κ2) is 7.66. The Morgan fingerprint density at radius 2 is 1.88 bits per heavy atom. The zero-order valence-electron chi connectivity index (χ0n) is 13.7. The van der Waals surface area contributed by atoms with Crippen LogP contribution in [0.2, 0.25) is 10.0 Å². The minimum atomic E-state index is -3.72. The maximum Gasteiger partial charge on any atom is 0.244 e. The number of rotatable bonds is 4. The van der Waals surface area contributed by atoms with E-state index in [1.165, 1.54) is 16.4 Å². The molecule has 0 spiro atoms. The molecule has 1 fully saturated rings. The Bertz CT molecular complexity index is 787. The van der Waals surface area contributed by atoms with Crippen LogP contribution in [0.5, 0.6) is 0 Å². The number of piperazine rings is 1. The van der Waals surface area contributed by atoms with Gasteiger partial charge in [0, 0.05) is 37.6 Å². The predicted octanol–water partition coefficient (Wildman–Crippen LogP) is 3.18. The molecule has 0 radical (unpaired) electrons. The lowest BCUT2D eigenvalue weighted by Crippen LogP contribution is -2.50. The number of halogens is 2. The standard InChI is InChI=1S/C17H20Cl2N2O3S/c18-14-5-6-15(19)16(12-14)25(23,24)21-9-7-20(8-10-21)17(22)11-13-3-1-2-4-13/h1,3,5-6,12-13H,2,4,7-11H2/t13-/m1/s1. The smallest absolute Gasteiger partial charge is 0.244 e. The van der Waals surface area contributed by atoms with Crippen molar-refractivity contribution in [2.45, 2.75) is 24.2 Å². The van der Waals surface area contributed by atoms with Gasteiger partial charge in [0.1, 0.15) is 4.90 Å². The lowest BCUT2D eigenvalue weighted by atomic mass is 10.0. The van der Waals surface area contributed by atoms with Crippen LogP contribution in [0.25, 0.3) is 0 Å². The maximum absolute atomic E-state index is 12.8. The summed E-state index contributed by atoms with van der Waals surface area (Å²) in [4.78, 5) is 14.1. The molecule has 1 aromatic rings. The van der Waals surface area contributed by atoms with E-state index in [9.17, 15) is 13.2 Å². The monoisotopic (exact) mass is 402 g/mol. The summed E-state index contributed by atoms with van der Waals surface area (Å²) < 4.78 is 26.9. The number of allylic oxidation sites excluding steroid dienone is 2. The molecule has 0 bridgehead atoms. The van der Waals surface area contributed by atoms with E-state index in [0.717, 1.165) is 12.8 Å². The Morgan fingerprint density at radius 3 is 2.52 bits per heavy atom. The lowest BCUT2D eigenvalue weighted by Gasteiger charge is -2.34. The molecule has 0 aromatic heterocycles. The van der Waals surface area contributed by atoms with E-state index in [2.05, 4.69) is 12.2 Å². The van der Waals surface area contributed by atoms with Gasteiger partial charge >= 0.3 is 0 Å². The molecule has 0 N–H and O–H groups in total. The summed E-state index contributed by atoms with van der Waals surface area (Å²) in [6.07, 6.45) is 6.76. The molecule has 1 atom stereocenters. The van der Waals surface area contributed by atoms with E-state index in [1.54, 1.807) is 11.0 Å². The first-order valence-electron chi connectivity index (χ1n) is 8.27. The van der Waals surface area contributed by atoms with Gasteiger partial charge in [-0.05, 0) is 37.0 Å². The fraction of sp³-hybridized carbons (Fsp3) is 0.471. The van der Waals surface area contributed by atoms with Gasteiger partial charge in [-0.3, -0.25) is 4.79 Å². The van der Waals surface area contributed by atoms with Crippen molar-refractivity contribution in [2.75, 3.05) is 26.2 Å². The van der Waals surface area contributed by atoms with Crippen LogP contribution in [0.15, 0.2) is 35.2 Å². The molecule has 8 heteroatoms. The van der Waals surface area contributed by atoms with Crippen molar-refractivity contribution < 1.29 is 13.2 Å². The van der Waals surface area contributed by atoms with Gasteiger partial charge in [-0.15, -0.1) is 0 Å². The summed E-state index contributed by atoms with van der Waals surface area (Å²) in [5.74, 6) is 0.411. The Morgan fingerprint density at radius 1 is 1.16 bits per heavy atom. The number of carbonyl (C=O) groups excluding carboxylic acids is 1. The predicted molar refractivity (Wildman–Crippen MR) is 98.3 cm³/mol. The first-order valence-corrected chi connectivity index (χ1v) is 10.5. The third kappa shape index (κ3) is 4.19. The number of nitrogens with zero attached hydrogens (tertiary/aromatic N) is 2. The molecule has 1 aromatic carbocycles. The first kappa shape index (κ1) is 18.7. The van der Waals surface area contributed by atoms with E-state index in [0.29, 0.717) is 30.5 Å². The maximum atomic E-state index is 12.8. The quantitative estimate of drug-likeness (QED) is 0.726. The summed E-state index contributed by atoms with van der Waals surface area (Å²) in [7, 11) is -3.72. The minimum Gasteiger partial charge on any atom is -0.340 e. The van der Waals surface area contributed by atoms with Crippen molar-refractivity contribution >= 4 is 39.1 Å². The molecule has 1 heterocycles. The second-order valence-electron chi connectivity index (χ2n) is 6.33. The highest BCUT2D eigenvalue weighted by Gasteiger charge is 2.32. The van der Waals surface area contributed by atoms with Crippen LogP contribution in [0.4, 0.5) is 0 Å². The van der Waals surface area contributed by atoms with Crippen molar-refractivity contribution in [1.29, 1.82) is 0 Å². The molecule has 25 heavy (non-hydrogen) atoms.